The molecular formula is C20H22N2O3S2. The van der Waals surface area contributed by atoms with Crippen molar-refractivity contribution in [1.82, 2.24) is 0 Å². The van der Waals surface area contributed by atoms with Gasteiger partial charge in [-0.15, -0.1) is 0 Å². The lowest BCUT2D eigenvalue weighted by Gasteiger charge is -2.26. The fourth-order valence-corrected chi connectivity index (χ4v) is 6.43. The summed E-state index contributed by atoms with van der Waals surface area (Å²) < 4.78 is 29.4. The minimum Gasteiger partial charge on any atom is -0.497 e. The summed E-state index contributed by atoms with van der Waals surface area (Å²) in [6.45, 7) is 2.05. The van der Waals surface area contributed by atoms with Gasteiger partial charge in [0.1, 0.15) is 5.75 Å². The molecule has 142 valence electrons. The number of aryl methyl sites for hydroxylation is 1. The Balaban J connectivity index is 1.57. The van der Waals surface area contributed by atoms with Crippen LogP contribution in [0, 0.1) is 6.92 Å². The number of thioether (sulfide) groups is 1. The Kier molecular flexibility index (Phi) is 4.90. The number of anilines is 1. The van der Waals surface area contributed by atoms with Gasteiger partial charge >= 0.3 is 0 Å². The predicted octanol–water partition coefficient (Wildman–Crippen LogP) is 3.28. The average molecular weight is 403 g/mol. The number of methoxy groups -OCH3 is 1. The molecular weight excluding hydrogens is 380 g/mol. The largest absolute Gasteiger partial charge is 0.497 e. The molecule has 1 fully saturated rings. The van der Waals surface area contributed by atoms with Crippen LogP contribution in [0.25, 0.3) is 0 Å². The quantitative estimate of drug-likeness (QED) is 0.786. The molecule has 0 aliphatic carbocycles. The van der Waals surface area contributed by atoms with E-state index in [1.54, 1.807) is 18.9 Å². The Bertz CT molecular complexity index is 954. The first-order valence-corrected chi connectivity index (χ1v) is 11.7. The molecule has 0 aromatic heterocycles. The molecule has 4 rings (SSSR count). The van der Waals surface area contributed by atoms with Crippen molar-refractivity contribution >= 4 is 32.5 Å². The summed E-state index contributed by atoms with van der Waals surface area (Å²) in [5.41, 5.74) is 3.36. The molecule has 0 radical (unpaired) electrons. The van der Waals surface area contributed by atoms with Gasteiger partial charge in [-0.1, -0.05) is 41.6 Å². The standard InChI is InChI=1S/C20H22N2O3S2/c1-14-3-7-16(8-4-14)22-19-13-27(23,24)12-18(19)21-20(22)26-11-15-5-9-17(25-2)10-6-15/h3-10,18-19H,11-13H2,1-2H3/t18-,19+/m1/s1. The van der Waals surface area contributed by atoms with Gasteiger partial charge < -0.3 is 9.64 Å². The van der Waals surface area contributed by atoms with Gasteiger partial charge in [-0.3, -0.25) is 4.99 Å². The summed E-state index contributed by atoms with van der Waals surface area (Å²) in [7, 11) is -1.37. The van der Waals surface area contributed by atoms with E-state index in [0.29, 0.717) is 0 Å². The van der Waals surface area contributed by atoms with Crippen LogP contribution < -0.4 is 9.64 Å². The van der Waals surface area contributed by atoms with Crippen LogP contribution in [0.4, 0.5) is 5.69 Å². The van der Waals surface area contributed by atoms with Crippen molar-refractivity contribution in [3.8, 4) is 5.75 Å². The Morgan fingerprint density at radius 2 is 1.81 bits per heavy atom. The Hall–Kier alpha value is -1.99. The number of nitrogens with zero attached hydrogens (tertiary/aromatic N) is 2. The first-order valence-electron chi connectivity index (χ1n) is 8.85. The van der Waals surface area contributed by atoms with E-state index >= 15 is 0 Å². The highest BCUT2D eigenvalue weighted by Gasteiger charge is 2.47. The maximum absolute atomic E-state index is 12.1. The normalized spacial score (nSPS) is 23.2. The molecule has 7 heteroatoms. The lowest BCUT2D eigenvalue weighted by Crippen LogP contribution is -2.39. The zero-order chi connectivity index (χ0) is 19.0. The van der Waals surface area contributed by atoms with Gasteiger partial charge in [-0.05, 0) is 36.8 Å². The molecule has 2 atom stereocenters. The van der Waals surface area contributed by atoms with Crippen molar-refractivity contribution in [3.05, 3.63) is 59.7 Å². The molecule has 0 bridgehead atoms. The second-order valence-electron chi connectivity index (χ2n) is 6.97. The fourth-order valence-electron chi connectivity index (χ4n) is 3.51. The molecule has 0 unspecified atom stereocenters. The molecule has 0 saturated carbocycles. The van der Waals surface area contributed by atoms with Gasteiger partial charge in [0, 0.05) is 11.4 Å². The van der Waals surface area contributed by atoms with Gasteiger partial charge in [0.25, 0.3) is 0 Å². The van der Waals surface area contributed by atoms with E-state index in [0.717, 1.165) is 22.4 Å². The van der Waals surface area contributed by atoms with E-state index in [9.17, 15) is 8.42 Å². The summed E-state index contributed by atoms with van der Waals surface area (Å²) >= 11 is 1.65. The second-order valence-corrected chi connectivity index (χ2v) is 10.1. The third-order valence-corrected chi connectivity index (χ3v) is 7.68. The number of sulfone groups is 1. The van der Waals surface area contributed by atoms with Crippen molar-refractivity contribution in [2.24, 2.45) is 4.99 Å². The van der Waals surface area contributed by atoms with Crippen LogP contribution in [0.15, 0.2) is 53.5 Å². The number of hydrogen-bond acceptors (Lipinski definition) is 6. The van der Waals surface area contributed by atoms with Crippen molar-refractivity contribution < 1.29 is 13.2 Å². The number of amidine groups is 1. The smallest absolute Gasteiger partial charge is 0.164 e. The summed E-state index contributed by atoms with van der Waals surface area (Å²) in [6, 6.07) is 15.9. The summed E-state index contributed by atoms with van der Waals surface area (Å²) in [5.74, 6) is 1.93. The molecule has 27 heavy (non-hydrogen) atoms. The molecule has 2 aliphatic heterocycles. The zero-order valence-corrected chi connectivity index (χ0v) is 17.0. The van der Waals surface area contributed by atoms with E-state index in [1.807, 2.05) is 43.3 Å². The van der Waals surface area contributed by atoms with Crippen molar-refractivity contribution in [3.63, 3.8) is 0 Å². The van der Waals surface area contributed by atoms with E-state index in [2.05, 4.69) is 17.0 Å². The summed E-state index contributed by atoms with van der Waals surface area (Å²) in [6.07, 6.45) is 0. The molecule has 0 amide bonds. The average Bonchev–Trinajstić information content (AvgIpc) is 3.12. The summed E-state index contributed by atoms with van der Waals surface area (Å²) in [4.78, 5) is 6.89. The molecule has 5 nitrogen and oxygen atoms in total. The van der Waals surface area contributed by atoms with E-state index < -0.39 is 9.84 Å². The molecule has 0 spiro atoms. The van der Waals surface area contributed by atoms with Crippen LogP contribution in [0.3, 0.4) is 0 Å². The molecule has 2 heterocycles. The van der Waals surface area contributed by atoms with Crippen LogP contribution in [0.5, 0.6) is 5.75 Å². The van der Waals surface area contributed by atoms with E-state index in [4.69, 9.17) is 9.73 Å². The highest BCUT2D eigenvalue weighted by Crippen LogP contribution is 2.36. The van der Waals surface area contributed by atoms with Crippen molar-refractivity contribution in [2.45, 2.75) is 24.8 Å². The minimum absolute atomic E-state index is 0.101. The zero-order valence-electron chi connectivity index (χ0n) is 15.3. The summed E-state index contributed by atoms with van der Waals surface area (Å²) in [5, 5.41) is 0.902. The molecule has 2 aromatic rings. The first-order chi connectivity index (χ1) is 12.9. The fraction of sp³-hybridized carbons (Fsp3) is 0.350. The topological polar surface area (TPSA) is 59.0 Å². The molecule has 2 aliphatic rings. The number of benzene rings is 2. The van der Waals surface area contributed by atoms with Gasteiger partial charge in [-0.2, -0.15) is 0 Å². The van der Waals surface area contributed by atoms with Crippen LogP contribution in [-0.4, -0.2) is 44.3 Å². The maximum atomic E-state index is 12.1. The van der Waals surface area contributed by atoms with Crippen molar-refractivity contribution in [1.29, 1.82) is 0 Å². The van der Waals surface area contributed by atoms with Crippen LogP contribution in [0.1, 0.15) is 11.1 Å². The molecule has 0 N–H and O–H groups in total. The highest BCUT2D eigenvalue weighted by atomic mass is 32.2. The van der Waals surface area contributed by atoms with Crippen LogP contribution >= 0.6 is 11.8 Å². The highest BCUT2D eigenvalue weighted by molar-refractivity contribution is 8.13. The number of aliphatic imine (C=N–C) groups is 1. The first kappa shape index (κ1) is 18.4. The molecule has 1 saturated heterocycles. The van der Waals surface area contributed by atoms with Gasteiger partial charge in [-0.25, -0.2) is 8.42 Å². The van der Waals surface area contributed by atoms with E-state index in [-0.39, 0.29) is 23.6 Å². The lowest BCUT2D eigenvalue weighted by atomic mass is 10.1. The van der Waals surface area contributed by atoms with Crippen LogP contribution in [-0.2, 0) is 15.6 Å². The van der Waals surface area contributed by atoms with Gasteiger partial charge in [0.2, 0.25) is 0 Å². The Morgan fingerprint density at radius 3 is 2.48 bits per heavy atom. The predicted molar refractivity (Wildman–Crippen MR) is 112 cm³/mol. The number of rotatable bonds is 4. The number of fused-ring (bicyclic) bond motifs is 1. The van der Waals surface area contributed by atoms with Gasteiger partial charge in [0.15, 0.2) is 15.0 Å². The van der Waals surface area contributed by atoms with Crippen molar-refractivity contribution in [2.75, 3.05) is 23.5 Å². The third-order valence-electron chi connectivity index (χ3n) is 4.95. The maximum Gasteiger partial charge on any atom is 0.164 e. The molecule has 2 aromatic carbocycles. The number of hydrogen-bond donors (Lipinski definition) is 0. The minimum atomic E-state index is -3.02. The second kappa shape index (κ2) is 7.20. The SMILES string of the molecule is COc1ccc(CSC2=N[C@@H]3CS(=O)(=O)C[C@@H]3N2c2ccc(C)cc2)cc1. The van der Waals surface area contributed by atoms with E-state index in [1.165, 1.54) is 11.1 Å². The lowest BCUT2D eigenvalue weighted by molar-refractivity contribution is 0.414. The van der Waals surface area contributed by atoms with Crippen LogP contribution in [0.2, 0.25) is 0 Å². The monoisotopic (exact) mass is 402 g/mol. The van der Waals surface area contributed by atoms with Gasteiger partial charge in [0.05, 0.1) is 30.7 Å². The Labute approximate surface area is 164 Å². The number of ether oxygens (including phenoxy) is 1. The Morgan fingerprint density at radius 1 is 1.11 bits per heavy atom. The third kappa shape index (κ3) is 3.84.